The molecule has 0 unspecified atom stereocenters. The molecule has 0 aliphatic heterocycles. The van der Waals surface area contributed by atoms with Gasteiger partial charge in [0.15, 0.2) is 11.6 Å². The Morgan fingerprint density at radius 1 is 1.26 bits per heavy atom. The summed E-state index contributed by atoms with van der Waals surface area (Å²) in [7, 11) is 0. The van der Waals surface area contributed by atoms with Gasteiger partial charge in [0.25, 0.3) is 0 Å². The molecule has 2 aromatic rings. The monoisotopic (exact) mass is 341 g/mol. The predicted octanol–water partition coefficient (Wildman–Crippen LogP) is 4.36. The minimum absolute atomic E-state index is 0.0677. The predicted molar refractivity (Wildman–Crippen MR) is 78.1 cm³/mol. The SMILES string of the molecule is Cc1c(N)cccc1C(=O)c1ccc(Br)c(Cl)c1F. The minimum Gasteiger partial charge on any atom is -0.398 e. The highest BCUT2D eigenvalue weighted by atomic mass is 79.9. The lowest BCUT2D eigenvalue weighted by atomic mass is 9.98. The number of anilines is 1. The second kappa shape index (κ2) is 5.31. The van der Waals surface area contributed by atoms with E-state index in [2.05, 4.69) is 15.9 Å². The molecule has 0 saturated carbocycles. The second-order valence-corrected chi connectivity index (χ2v) is 5.30. The molecule has 0 aromatic heterocycles. The lowest BCUT2D eigenvalue weighted by molar-refractivity contribution is 0.103. The third-order valence-corrected chi connectivity index (χ3v) is 4.16. The standard InChI is InChI=1S/C14H10BrClFNO/c1-7-8(3-2-4-11(7)18)14(19)9-5-6-10(15)12(16)13(9)17/h2-6H,18H2,1H3. The van der Waals surface area contributed by atoms with Crippen molar-refractivity contribution in [3.8, 4) is 0 Å². The summed E-state index contributed by atoms with van der Waals surface area (Å²) in [6.45, 7) is 1.72. The van der Waals surface area contributed by atoms with Gasteiger partial charge in [-0.05, 0) is 46.6 Å². The maximum atomic E-state index is 14.0. The number of carbonyl (C=O) groups excluding carboxylic acids is 1. The molecule has 0 amide bonds. The molecular weight excluding hydrogens is 333 g/mol. The Bertz CT molecular complexity index is 673. The van der Waals surface area contributed by atoms with Crippen molar-refractivity contribution in [3.63, 3.8) is 0 Å². The Morgan fingerprint density at radius 2 is 1.95 bits per heavy atom. The highest BCUT2D eigenvalue weighted by Crippen LogP contribution is 2.29. The largest absolute Gasteiger partial charge is 0.398 e. The lowest BCUT2D eigenvalue weighted by Gasteiger charge is -2.09. The Balaban J connectivity index is 2.57. The van der Waals surface area contributed by atoms with Crippen molar-refractivity contribution in [2.24, 2.45) is 0 Å². The summed E-state index contributed by atoms with van der Waals surface area (Å²) in [4.78, 5) is 12.3. The molecule has 2 aromatic carbocycles. The van der Waals surface area contributed by atoms with Gasteiger partial charge in [0.1, 0.15) is 0 Å². The normalized spacial score (nSPS) is 10.5. The van der Waals surface area contributed by atoms with Crippen molar-refractivity contribution >= 4 is 39.0 Å². The van der Waals surface area contributed by atoms with Gasteiger partial charge in [-0.15, -0.1) is 0 Å². The van der Waals surface area contributed by atoms with E-state index in [-0.39, 0.29) is 10.6 Å². The summed E-state index contributed by atoms with van der Waals surface area (Å²) in [5.41, 5.74) is 7.18. The third-order valence-electron chi connectivity index (χ3n) is 2.90. The van der Waals surface area contributed by atoms with Crippen LogP contribution >= 0.6 is 27.5 Å². The van der Waals surface area contributed by atoms with Crippen LogP contribution in [0.15, 0.2) is 34.8 Å². The smallest absolute Gasteiger partial charge is 0.196 e. The number of nitrogen functional groups attached to an aromatic ring is 1. The molecule has 0 heterocycles. The third kappa shape index (κ3) is 2.51. The molecule has 0 bridgehead atoms. The fourth-order valence-electron chi connectivity index (χ4n) is 1.75. The van der Waals surface area contributed by atoms with Gasteiger partial charge < -0.3 is 5.73 Å². The molecule has 0 spiro atoms. The zero-order chi connectivity index (χ0) is 14.2. The minimum atomic E-state index is -0.733. The van der Waals surface area contributed by atoms with Crippen LogP contribution < -0.4 is 5.73 Å². The van der Waals surface area contributed by atoms with Crippen LogP contribution in [-0.4, -0.2) is 5.78 Å². The number of carbonyl (C=O) groups is 1. The van der Waals surface area contributed by atoms with Crippen molar-refractivity contribution in [2.45, 2.75) is 6.92 Å². The number of nitrogens with two attached hydrogens (primary N) is 1. The highest BCUT2D eigenvalue weighted by molar-refractivity contribution is 9.10. The maximum Gasteiger partial charge on any atom is 0.196 e. The van der Waals surface area contributed by atoms with E-state index < -0.39 is 11.6 Å². The molecule has 2 N–H and O–H groups in total. The molecule has 5 heteroatoms. The van der Waals surface area contributed by atoms with Gasteiger partial charge in [-0.3, -0.25) is 4.79 Å². The molecule has 2 nitrogen and oxygen atoms in total. The summed E-state index contributed by atoms with van der Waals surface area (Å²) >= 11 is 8.90. The topological polar surface area (TPSA) is 43.1 Å². The lowest BCUT2D eigenvalue weighted by Crippen LogP contribution is -2.08. The number of ketones is 1. The van der Waals surface area contributed by atoms with Crippen LogP contribution in [0.3, 0.4) is 0 Å². The van der Waals surface area contributed by atoms with Crippen molar-refractivity contribution in [3.05, 3.63) is 62.3 Å². The van der Waals surface area contributed by atoms with Gasteiger partial charge in [0.05, 0.1) is 10.6 Å². The summed E-state index contributed by atoms with van der Waals surface area (Å²) in [6, 6.07) is 7.91. The fraction of sp³-hybridized carbons (Fsp3) is 0.0714. The van der Waals surface area contributed by atoms with E-state index in [0.29, 0.717) is 21.3 Å². The van der Waals surface area contributed by atoms with Crippen LogP contribution in [0.25, 0.3) is 0 Å². The zero-order valence-corrected chi connectivity index (χ0v) is 12.3. The Labute approximate surface area is 123 Å². The number of hydrogen-bond donors (Lipinski definition) is 1. The van der Waals surface area contributed by atoms with Gasteiger partial charge >= 0.3 is 0 Å². The Hall–Kier alpha value is -1.39. The molecule has 2 rings (SSSR count). The molecular formula is C14H10BrClFNO. The molecule has 0 aliphatic carbocycles. The van der Waals surface area contributed by atoms with Gasteiger partial charge in [0, 0.05) is 15.7 Å². The molecule has 98 valence electrons. The highest BCUT2D eigenvalue weighted by Gasteiger charge is 2.19. The molecule has 0 aliphatic rings. The van der Waals surface area contributed by atoms with Crippen LogP contribution in [0.4, 0.5) is 10.1 Å². The molecule has 0 atom stereocenters. The van der Waals surface area contributed by atoms with Crippen LogP contribution in [0.2, 0.25) is 5.02 Å². The van der Waals surface area contributed by atoms with Gasteiger partial charge in [-0.1, -0.05) is 23.7 Å². The summed E-state index contributed by atoms with van der Waals surface area (Å²) in [5, 5.41) is -0.104. The average molecular weight is 343 g/mol. The quantitative estimate of drug-likeness (QED) is 0.500. The van der Waals surface area contributed by atoms with Gasteiger partial charge in [0.2, 0.25) is 0 Å². The first kappa shape index (κ1) is 14.0. The number of halogens is 3. The molecule has 0 radical (unpaired) electrons. The van der Waals surface area contributed by atoms with E-state index in [1.54, 1.807) is 31.2 Å². The number of hydrogen-bond acceptors (Lipinski definition) is 2. The van der Waals surface area contributed by atoms with Crippen molar-refractivity contribution in [2.75, 3.05) is 5.73 Å². The van der Waals surface area contributed by atoms with Crippen molar-refractivity contribution < 1.29 is 9.18 Å². The van der Waals surface area contributed by atoms with E-state index in [9.17, 15) is 9.18 Å². The molecule has 0 fully saturated rings. The maximum absolute atomic E-state index is 14.0. The fourth-order valence-corrected chi connectivity index (χ4v) is 2.22. The summed E-state index contributed by atoms with van der Waals surface area (Å²) in [5.74, 6) is -1.17. The van der Waals surface area contributed by atoms with E-state index in [1.807, 2.05) is 0 Å². The van der Waals surface area contributed by atoms with Gasteiger partial charge in [-0.2, -0.15) is 0 Å². The van der Waals surface area contributed by atoms with Crippen LogP contribution in [0.1, 0.15) is 21.5 Å². The van der Waals surface area contributed by atoms with Crippen molar-refractivity contribution in [1.82, 2.24) is 0 Å². The molecule has 19 heavy (non-hydrogen) atoms. The first-order valence-corrected chi connectivity index (χ1v) is 6.64. The first-order valence-electron chi connectivity index (χ1n) is 5.46. The van der Waals surface area contributed by atoms with E-state index in [4.69, 9.17) is 17.3 Å². The zero-order valence-electron chi connectivity index (χ0n) is 10.0. The van der Waals surface area contributed by atoms with Crippen LogP contribution in [-0.2, 0) is 0 Å². The van der Waals surface area contributed by atoms with E-state index in [1.165, 1.54) is 6.07 Å². The van der Waals surface area contributed by atoms with Crippen LogP contribution in [0.5, 0.6) is 0 Å². The van der Waals surface area contributed by atoms with Gasteiger partial charge in [-0.25, -0.2) is 4.39 Å². The Kier molecular flexibility index (Phi) is 3.92. The summed E-state index contributed by atoms with van der Waals surface area (Å²) < 4.78 is 14.4. The average Bonchev–Trinajstić information content (AvgIpc) is 2.39. The number of benzene rings is 2. The molecule has 0 saturated heterocycles. The number of rotatable bonds is 2. The second-order valence-electron chi connectivity index (χ2n) is 4.07. The van der Waals surface area contributed by atoms with Crippen molar-refractivity contribution in [1.29, 1.82) is 0 Å². The first-order chi connectivity index (χ1) is 8.93. The summed E-state index contributed by atoms with van der Waals surface area (Å²) in [6.07, 6.45) is 0. The van der Waals surface area contributed by atoms with Crippen LogP contribution in [0, 0.1) is 12.7 Å². The Morgan fingerprint density at radius 3 is 2.63 bits per heavy atom. The van der Waals surface area contributed by atoms with E-state index in [0.717, 1.165) is 0 Å². The van der Waals surface area contributed by atoms with E-state index >= 15 is 0 Å².